The van der Waals surface area contributed by atoms with E-state index in [1.165, 1.54) is 13.8 Å². The molecule has 0 amide bonds. The molecule has 0 radical (unpaired) electrons. The van der Waals surface area contributed by atoms with Crippen LogP contribution in [0, 0.1) is 5.92 Å². The highest BCUT2D eigenvalue weighted by Crippen LogP contribution is 2.27. The first-order valence-electron chi connectivity index (χ1n) is 5.93. The van der Waals surface area contributed by atoms with Crippen LogP contribution in [0.1, 0.15) is 52.9 Å². The molecule has 1 N–H and O–H groups in total. The first-order chi connectivity index (χ1) is 7.34. The molecular formula is C12H22F2O2. The molecule has 0 fully saturated rings. The van der Waals surface area contributed by atoms with Crippen LogP contribution >= 0.6 is 0 Å². The maximum atomic E-state index is 13.4. The van der Waals surface area contributed by atoms with Gasteiger partial charge in [0, 0.05) is 6.42 Å². The lowest BCUT2D eigenvalue weighted by molar-refractivity contribution is -0.166. The molecule has 0 aliphatic heterocycles. The molecule has 0 aromatic carbocycles. The third kappa shape index (κ3) is 4.56. The highest BCUT2D eigenvalue weighted by molar-refractivity contribution is 5.86. The lowest BCUT2D eigenvalue weighted by atomic mass is 9.95. The van der Waals surface area contributed by atoms with Crippen LogP contribution in [0.25, 0.3) is 0 Å². The summed E-state index contributed by atoms with van der Waals surface area (Å²) >= 11 is 0. The van der Waals surface area contributed by atoms with Crippen molar-refractivity contribution in [1.29, 1.82) is 0 Å². The molecular weight excluding hydrogens is 214 g/mol. The molecule has 1 atom stereocenters. The number of hydrogen-bond donors (Lipinski definition) is 1. The summed E-state index contributed by atoms with van der Waals surface area (Å²) in [6, 6.07) is 0. The molecule has 96 valence electrons. The second-order valence-electron chi connectivity index (χ2n) is 4.55. The SMILES string of the molecule is CCCCCCC(=O)C(F)(F)C(O)C(C)C. The number of aliphatic hydroxyl groups excluding tert-OH is 1. The molecule has 0 bridgehead atoms. The van der Waals surface area contributed by atoms with Crippen molar-refractivity contribution >= 4 is 5.78 Å². The third-order valence-electron chi connectivity index (χ3n) is 2.63. The number of carbonyl (C=O) groups is 1. The number of ketones is 1. The fourth-order valence-corrected chi connectivity index (χ4v) is 1.46. The molecule has 0 aromatic rings. The number of alkyl halides is 2. The van der Waals surface area contributed by atoms with Gasteiger partial charge < -0.3 is 5.11 Å². The van der Waals surface area contributed by atoms with Crippen molar-refractivity contribution in [1.82, 2.24) is 0 Å². The van der Waals surface area contributed by atoms with E-state index >= 15 is 0 Å². The molecule has 0 saturated heterocycles. The van der Waals surface area contributed by atoms with Gasteiger partial charge in [0.05, 0.1) is 0 Å². The van der Waals surface area contributed by atoms with Crippen molar-refractivity contribution in [3.05, 3.63) is 0 Å². The van der Waals surface area contributed by atoms with E-state index in [4.69, 9.17) is 0 Å². The average molecular weight is 236 g/mol. The van der Waals surface area contributed by atoms with Gasteiger partial charge in [-0.1, -0.05) is 40.0 Å². The molecule has 0 aliphatic rings. The quantitative estimate of drug-likeness (QED) is 0.657. The molecule has 0 saturated carbocycles. The van der Waals surface area contributed by atoms with E-state index in [0.717, 1.165) is 19.3 Å². The van der Waals surface area contributed by atoms with Crippen molar-refractivity contribution < 1.29 is 18.7 Å². The van der Waals surface area contributed by atoms with Crippen LogP contribution in [0.5, 0.6) is 0 Å². The molecule has 16 heavy (non-hydrogen) atoms. The monoisotopic (exact) mass is 236 g/mol. The number of carbonyl (C=O) groups excluding carboxylic acids is 1. The summed E-state index contributed by atoms with van der Waals surface area (Å²) in [5.41, 5.74) is 0. The minimum absolute atomic E-state index is 0.142. The van der Waals surface area contributed by atoms with Crippen LogP contribution in [0.4, 0.5) is 8.78 Å². The van der Waals surface area contributed by atoms with Crippen LogP contribution < -0.4 is 0 Å². The smallest absolute Gasteiger partial charge is 0.330 e. The Kier molecular flexibility index (Phi) is 6.72. The Hall–Kier alpha value is -0.510. The Balaban J connectivity index is 4.14. The van der Waals surface area contributed by atoms with Gasteiger partial charge in [0.15, 0.2) is 0 Å². The second-order valence-corrected chi connectivity index (χ2v) is 4.55. The number of aliphatic hydroxyl groups is 1. The summed E-state index contributed by atoms with van der Waals surface area (Å²) in [6.45, 7) is 4.96. The van der Waals surface area contributed by atoms with Gasteiger partial charge in [0.1, 0.15) is 6.10 Å². The number of halogens is 2. The van der Waals surface area contributed by atoms with Gasteiger partial charge in [-0.3, -0.25) is 4.79 Å². The fourth-order valence-electron chi connectivity index (χ4n) is 1.46. The summed E-state index contributed by atoms with van der Waals surface area (Å²) in [7, 11) is 0. The number of hydrogen-bond acceptors (Lipinski definition) is 2. The molecule has 4 heteroatoms. The van der Waals surface area contributed by atoms with Gasteiger partial charge in [0.2, 0.25) is 5.78 Å². The van der Waals surface area contributed by atoms with Crippen LogP contribution in [0.3, 0.4) is 0 Å². The Morgan fingerprint density at radius 1 is 1.25 bits per heavy atom. The van der Waals surface area contributed by atoms with Gasteiger partial charge in [-0.2, -0.15) is 8.78 Å². The lowest BCUT2D eigenvalue weighted by Gasteiger charge is -2.24. The number of Topliss-reactive ketones (excluding diaryl/α,β-unsaturated/α-hetero) is 1. The number of rotatable bonds is 8. The van der Waals surface area contributed by atoms with Gasteiger partial charge >= 0.3 is 5.92 Å². The minimum Gasteiger partial charge on any atom is -0.386 e. The van der Waals surface area contributed by atoms with E-state index in [9.17, 15) is 18.7 Å². The Morgan fingerprint density at radius 2 is 1.81 bits per heavy atom. The lowest BCUT2D eigenvalue weighted by Crippen LogP contribution is -2.44. The summed E-state index contributed by atoms with van der Waals surface area (Å²) in [4.78, 5) is 11.3. The first kappa shape index (κ1) is 15.5. The van der Waals surface area contributed by atoms with Gasteiger partial charge in [-0.05, 0) is 12.3 Å². The van der Waals surface area contributed by atoms with E-state index < -0.39 is 23.7 Å². The molecule has 0 aliphatic carbocycles. The molecule has 0 spiro atoms. The Morgan fingerprint density at radius 3 is 2.25 bits per heavy atom. The Bertz CT molecular complexity index is 215. The summed E-state index contributed by atoms with van der Waals surface area (Å²) in [5, 5.41) is 9.26. The van der Waals surface area contributed by atoms with E-state index in [1.807, 2.05) is 6.92 Å². The van der Waals surface area contributed by atoms with Gasteiger partial charge in [-0.15, -0.1) is 0 Å². The van der Waals surface area contributed by atoms with Crippen molar-refractivity contribution in [2.75, 3.05) is 0 Å². The van der Waals surface area contributed by atoms with Crippen LogP contribution in [-0.4, -0.2) is 22.9 Å². The molecule has 0 heterocycles. The van der Waals surface area contributed by atoms with Crippen LogP contribution in [0.2, 0.25) is 0 Å². The molecule has 0 aromatic heterocycles. The molecule has 0 rings (SSSR count). The summed E-state index contributed by atoms with van der Waals surface area (Å²) in [5.74, 6) is -5.35. The van der Waals surface area contributed by atoms with E-state index in [2.05, 4.69) is 0 Å². The molecule has 2 nitrogen and oxygen atoms in total. The zero-order chi connectivity index (χ0) is 12.8. The van der Waals surface area contributed by atoms with E-state index in [-0.39, 0.29) is 6.42 Å². The molecule has 1 unspecified atom stereocenters. The zero-order valence-corrected chi connectivity index (χ0v) is 10.3. The topological polar surface area (TPSA) is 37.3 Å². The van der Waals surface area contributed by atoms with Crippen molar-refractivity contribution in [3.63, 3.8) is 0 Å². The minimum atomic E-state index is -3.60. The maximum Gasteiger partial charge on any atom is 0.330 e. The predicted molar refractivity (Wildman–Crippen MR) is 59.6 cm³/mol. The fraction of sp³-hybridized carbons (Fsp3) is 0.917. The third-order valence-corrected chi connectivity index (χ3v) is 2.63. The first-order valence-corrected chi connectivity index (χ1v) is 5.93. The normalized spacial score (nSPS) is 14.2. The van der Waals surface area contributed by atoms with Gasteiger partial charge in [-0.25, -0.2) is 0 Å². The van der Waals surface area contributed by atoms with E-state index in [0.29, 0.717) is 6.42 Å². The van der Waals surface area contributed by atoms with Crippen molar-refractivity contribution in [2.45, 2.75) is 64.9 Å². The Labute approximate surface area is 96.0 Å². The zero-order valence-electron chi connectivity index (χ0n) is 10.3. The van der Waals surface area contributed by atoms with E-state index in [1.54, 1.807) is 0 Å². The summed E-state index contributed by atoms with van der Waals surface area (Å²) < 4.78 is 26.7. The second kappa shape index (κ2) is 6.94. The van der Waals surface area contributed by atoms with Crippen molar-refractivity contribution in [2.24, 2.45) is 5.92 Å². The van der Waals surface area contributed by atoms with Crippen LogP contribution in [0.15, 0.2) is 0 Å². The van der Waals surface area contributed by atoms with Crippen molar-refractivity contribution in [3.8, 4) is 0 Å². The average Bonchev–Trinajstić information content (AvgIpc) is 2.22. The van der Waals surface area contributed by atoms with Gasteiger partial charge in [0.25, 0.3) is 0 Å². The van der Waals surface area contributed by atoms with Crippen LogP contribution in [-0.2, 0) is 4.79 Å². The maximum absolute atomic E-state index is 13.4. The number of unbranched alkanes of at least 4 members (excludes halogenated alkanes) is 3. The largest absolute Gasteiger partial charge is 0.386 e. The standard InChI is InChI=1S/C12H22F2O2/c1-4-5-6-7-8-10(15)12(13,14)11(16)9(2)3/h9,11,16H,4-8H2,1-3H3. The predicted octanol–water partition coefficient (Wildman–Crippen LogP) is 3.18. The highest BCUT2D eigenvalue weighted by atomic mass is 19.3. The highest BCUT2D eigenvalue weighted by Gasteiger charge is 2.46. The summed E-state index contributed by atoms with van der Waals surface area (Å²) in [6.07, 6.45) is 1.20.